The molecule has 18 heavy (non-hydrogen) atoms. The Kier molecular flexibility index (Phi) is 2.59. The Morgan fingerprint density at radius 3 is 2.78 bits per heavy atom. The van der Waals surface area contributed by atoms with Crippen LogP contribution in [-0.4, -0.2) is 9.97 Å². The SMILES string of the molecule is Cc1cc(-c2nc(C)c3c(n2)CNC3)ccc1F. The largest absolute Gasteiger partial charge is 0.307 e. The molecule has 0 bridgehead atoms. The van der Waals surface area contributed by atoms with Crippen molar-refractivity contribution >= 4 is 0 Å². The lowest BCUT2D eigenvalue weighted by Gasteiger charge is -2.07. The number of hydrogen-bond donors (Lipinski definition) is 1. The number of nitrogens with one attached hydrogen (secondary N) is 1. The molecule has 0 saturated heterocycles. The summed E-state index contributed by atoms with van der Waals surface area (Å²) in [6, 6.07) is 4.99. The van der Waals surface area contributed by atoms with Gasteiger partial charge >= 0.3 is 0 Å². The molecule has 1 aliphatic heterocycles. The Labute approximate surface area is 105 Å². The average molecular weight is 243 g/mol. The van der Waals surface area contributed by atoms with Gasteiger partial charge in [0, 0.05) is 29.9 Å². The molecule has 2 heterocycles. The molecule has 0 amide bonds. The van der Waals surface area contributed by atoms with Crippen LogP contribution in [0.4, 0.5) is 4.39 Å². The van der Waals surface area contributed by atoms with Crippen molar-refractivity contribution in [2.45, 2.75) is 26.9 Å². The third-order valence-corrected chi connectivity index (χ3v) is 3.31. The van der Waals surface area contributed by atoms with Crippen LogP contribution in [0.5, 0.6) is 0 Å². The number of halogens is 1. The summed E-state index contributed by atoms with van der Waals surface area (Å²) in [6.07, 6.45) is 0. The van der Waals surface area contributed by atoms with Gasteiger partial charge in [-0.2, -0.15) is 0 Å². The van der Waals surface area contributed by atoms with Crippen molar-refractivity contribution in [3.05, 3.63) is 46.5 Å². The van der Waals surface area contributed by atoms with Crippen LogP contribution >= 0.6 is 0 Å². The molecule has 1 aliphatic rings. The van der Waals surface area contributed by atoms with E-state index in [9.17, 15) is 4.39 Å². The topological polar surface area (TPSA) is 37.8 Å². The molecular formula is C14H14FN3. The summed E-state index contributed by atoms with van der Waals surface area (Å²) in [4.78, 5) is 9.07. The normalized spacial score (nSPS) is 13.7. The first-order valence-corrected chi connectivity index (χ1v) is 5.99. The summed E-state index contributed by atoms with van der Waals surface area (Å²) >= 11 is 0. The van der Waals surface area contributed by atoms with E-state index in [0.717, 1.165) is 30.0 Å². The highest BCUT2D eigenvalue weighted by Gasteiger charge is 2.17. The van der Waals surface area contributed by atoms with Crippen molar-refractivity contribution < 1.29 is 4.39 Å². The van der Waals surface area contributed by atoms with Crippen molar-refractivity contribution in [3.63, 3.8) is 0 Å². The number of aryl methyl sites for hydroxylation is 2. The Morgan fingerprint density at radius 1 is 1.17 bits per heavy atom. The fourth-order valence-electron chi connectivity index (χ4n) is 2.25. The van der Waals surface area contributed by atoms with Crippen LogP contribution in [0.2, 0.25) is 0 Å². The molecule has 4 heteroatoms. The maximum Gasteiger partial charge on any atom is 0.159 e. The second kappa shape index (κ2) is 4.14. The number of benzene rings is 1. The standard InChI is InChI=1S/C14H14FN3/c1-8-5-10(3-4-12(8)15)14-17-9(2)11-6-16-7-13(11)18-14/h3-5,16H,6-7H2,1-2H3. The molecule has 3 nitrogen and oxygen atoms in total. The van der Waals surface area contributed by atoms with Gasteiger partial charge in [0.05, 0.1) is 5.69 Å². The maximum atomic E-state index is 13.3. The molecule has 0 spiro atoms. The van der Waals surface area contributed by atoms with Crippen LogP contribution in [-0.2, 0) is 13.1 Å². The lowest BCUT2D eigenvalue weighted by Crippen LogP contribution is -2.00. The Hall–Kier alpha value is -1.81. The van der Waals surface area contributed by atoms with E-state index in [1.165, 1.54) is 11.6 Å². The van der Waals surface area contributed by atoms with E-state index in [2.05, 4.69) is 15.3 Å². The number of nitrogens with zero attached hydrogens (tertiary/aromatic N) is 2. The molecular weight excluding hydrogens is 229 g/mol. The molecule has 0 saturated carbocycles. The van der Waals surface area contributed by atoms with Crippen LogP contribution in [0.1, 0.15) is 22.5 Å². The smallest absolute Gasteiger partial charge is 0.159 e. The minimum absolute atomic E-state index is 0.196. The van der Waals surface area contributed by atoms with Crippen molar-refractivity contribution in [1.82, 2.24) is 15.3 Å². The van der Waals surface area contributed by atoms with Gasteiger partial charge in [0.15, 0.2) is 5.82 Å². The number of hydrogen-bond acceptors (Lipinski definition) is 3. The van der Waals surface area contributed by atoms with Crippen molar-refractivity contribution in [2.75, 3.05) is 0 Å². The van der Waals surface area contributed by atoms with E-state index >= 15 is 0 Å². The van der Waals surface area contributed by atoms with Gasteiger partial charge in [-0.1, -0.05) is 0 Å². The molecule has 1 aromatic heterocycles. The van der Waals surface area contributed by atoms with Crippen LogP contribution in [0.15, 0.2) is 18.2 Å². The molecule has 0 fully saturated rings. The highest BCUT2D eigenvalue weighted by atomic mass is 19.1. The van der Waals surface area contributed by atoms with E-state index < -0.39 is 0 Å². The molecule has 1 N–H and O–H groups in total. The Balaban J connectivity index is 2.12. The molecule has 3 rings (SSSR count). The van der Waals surface area contributed by atoms with Gasteiger partial charge in [-0.25, -0.2) is 14.4 Å². The van der Waals surface area contributed by atoms with Crippen molar-refractivity contribution in [2.24, 2.45) is 0 Å². The van der Waals surface area contributed by atoms with Gasteiger partial charge in [0.2, 0.25) is 0 Å². The zero-order valence-electron chi connectivity index (χ0n) is 10.4. The van der Waals surface area contributed by atoms with Gasteiger partial charge in [-0.15, -0.1) is 0 Å². The predicted octanol–water partition coefficient (Wildman–Crippen LogP) is 2.50. The summed E-state index contributed by atoms with van der Waals surface area (Å²) in [6.45, 7) is 5.36. The monoisotopic (exact) mass is 243 g/mol. The predicted molar refractivity (Wildman–Crippen MR) is 67.4 cm³/mol. The highest BCUT2D eigenvalue weighted by molar-refractivity contribution is 5.57. The maximum absolute atomic E-state index is 13.3. The third-order valence-electron chi connectivity index (χ3n) is 3.31. The first-order chi connectivity index (χ1) is 8.65. The van der Waals surface area contributed by atoms with Crippen molar-refractivity contribution in [1.29, 1.82) is 0 Å². The van der Waals surface area contributed by atoms with Crippen LogP contribution in [0.25, 0.3) is 11.4 Å². The van der Waals surface area contributed by atoms with Crippen molar-refractivity contribution in [3.8, 4) is 11.4 Å². The minimum Gasteiger partial charge on any atom is -0.307 e. The number of rotatable bonds is 1. The molecule has 0 unspecified atom stereocenters. The fourth-order valence-corrected chi connectivity index (χ4v) is 2.25. The van der Waals surface area contributed by atoms with Gasteiger partial charge in [0.25, 0.3) is 0 Å². The first-order valence-electron chi connectivity index (χ1n) is 5.99. The Morgan fingerprint density at radius 2 is 2.00 bits per heavy atom. The van der Waals surface area contributed by atoms with Gasteiger partial charge in [-0.05, 0) is 37.6 Å². The second-order valence-corrected chi connectivity index (χ2v) is 4.63. The molecule has 92 valence electrons. The number of aromatic nitrogens is 2. The third kappa shape index (κ3) is 1.78. The quantitative estimate of drug-likeness (QED) is 0.836. The second-order valence-electron chi connectivity index (χ2n) is 4.63. The van der Waals surface area contributed by atoms with Gasteiger partial charge in [-0.3, -0.25) is 0 Å². The van der Waals surface area contributed by atoms with Gasteiger partial charge in [0.1, 0.15) is 5.82 Å². The summed E-state index contributed by atoms with van der Waals surface area (Å²) in [7, 11) is 0. The molecule has 0 atom stereocenters. The minimum atomic E-state index is -0.196. The average Bonchev–Trinajstić information content (AvgIpc) is 2.81. The van der Waals surface area contributed by atoms with Crippen LogP contribution in [0.3, 0.4) is 0 Å². The summed E-state index contributed by atoms with van der Waals surface area (Å²) in [5.41, 5.74) is 4.73. The zero-order chi connectivity index (χ0) is 12.7. The lowest BCUT2D eigenvalue weighted by atomic mass is 10.1. The van der Waals surface area contributed by atoms with E-state index in [0.29, 0.717) is 11.4 Å². The zero-order valence-corrected chi connectivity index (χ0v) is 10.4. The van der Waals surface area contributed by atoms with Crippen LogP contribution < -0.4 is 5.32 Å². The van der Waals surface area contributed by atoms with E-state index in [4.69, 9.17) is 0 Å². The van der Waals surface area contributed by atoms with Crippen LogP contribution in [0, 0.1) is 19.7 Å². The lowest BCUT2D eigenvalue weighted by molar-refractivity contribution is 0.618. The van der Waals surface area contributed by atoms with E-state index in [-0.39, 0.29) is 5.82 Å². The number of fused-ring (bicyclic) bond motifs is 1. The van der Waals surface area contributed by atoms with E-state index in [1.54, 1.807) is 19.1 Å². The Bertz CT molecular complexity index is 623. The summed E-state index contributed by atoms with van der Waals surface area (Å²) in [5, 5.41) is 3.27. The fraction of sp³-hybridized carbons (Fsp3) is 0.286. The molecule has 2 aromatic rings. The highest BCUT2D eigenvalue weighted by Crippen LogP contribution is 2.23. The first kappa shape index (κ1) is 11.3. The van der Waals surface area contributed by atoms with E-state index in [1.807, 2.05) is 6.92 Å². The van der Waals surface area contributed by atoms with Gasteiger partial charge < -0.3 is 5.32 Å². The molecule has 0 aliphatic carbocycles. The molecule has 0 radical (unpaired) electrons. The summed E-state index contributed by atoms with van der Waals surface area (Å²) in [5.74, 6) is 0.483. The summed E-state index contributed by atoms with van der Waals surface area (Å²) < 4.78 is 13.3. The molecule has 1 aromatic carbocycles.